The Hall–Kier alpha value is -4.08. The third-order valence-electron chi connectivity index (χ3n) is 6.03. The molecule has 5 rings (SSSR count). The predicted octanol–water partition coefficient (Wildman–Crippen LogP) is 2.42. The molecule has 34 heavy (non-hydrogen) atoms. The Labute approximate surface area is 195 Å². The van der Waals surface area contributed by atoms with Crippen molar-refractivity contribution in [1.29, 1.82) is 0 Å². The highest BCUT2D eigenvalue weighted by atomic mass is 19.1. The van der Waals surface area contributed by atoms with Gasteiger partial charge >= 0.3 is 5.69 Å². The molecule has 1 saturated heterocycles. The number of piperazine rings is 1. The predicted molar refractivity (Wildman–Crippen MR) is 127 cm³/mol. The second kappa shape index (κ2) is 9.05. The Morgan fingerprint density at radius 3 is 2.50 bits per heavy atom. The van der Waals surface area contributed by atoms with E-state index in [-0.39, 0.29) is 18.0 Å². The minimum absolute atomic E-state index is 0.149. The average Bonchev–Trinajstić information content (AvgIpc) is 3.18. The van der Waals surface area contributed by atoms with Crippen molar-refractivity contribution in [3.8, 4) is 11.5 Å². The molecule has 0 radical (unpaired) electrons. The number of rotatable bonds is 6. The number of halogens is 1. The number of ether oxygens (including phenoxy) is 2. The summed E-state index contributed by atoms with van der Waals surface area (Å²) in [6.07, 6.45) is 1.50. The molecule has 9 nitrogen and oxygen atoms in total. The highest BCUT2D eigenvalue weighted by molar-refractivity contribution is 5.54. The Balaban J connectivity index is 1.32. The molecule has 176 valence electrons. The Kier molecular flexibility index (Phi) is 5.79. The molecule has 1 aliphatic heterocycles. The van der Waals surface area contributed by atoms with Crippen LogP contribution in [0.15, 0.2) is 59.7 Å². The SMILES string of the molecule is COc1cccc(N2CCN(c3cc4nn(Cc5ccc(OC)c(F)c5)c(=O)n4cn3)CC2)c1. The van der Waals surface area contributed by atoms with Crippen molar-refractivity contribution < 1.29 is 13.9 Å². The van der Waals surface area contributed by atoms with Crippen molar-refractivity contribution in [3.05, 3.63) is 76.7 Å². The standard InChI is InChI=1S/C24H25FN6O3/c1-33-19-5-3-4-18(13-19)28-8-10-29(11-9-28)22-14-23-27-31(24(32)30(23)16-26-22)15-17-6-7-21(34-2)20(25)12-17/h3-7,12-14,16H,8-11,15H2,1-2H3. The van der Waals surface area contributed by atoms with Crippen LogP contribution in [0.3, 0.4) is 0 Å². The first-order chi connectivity index (χ1) is 16.6. The fourth-order valence-electron chi connectivity index (χ4n) is 4.17. The molecule has 1 aliphatic rings. The van der Waals surface area contributed by atoms with E-state index in [4.69, 9.17) is 9.47 Å². The summed E-state index contributed by atoms with van der Waals surface area (Å²) in [5, 5.41) is 4.44. The van der Waals surface area contributed by atoms with Crippen LogP contribution < -0.4 is 25.0 Å². The summed E-state index contributed by atoms with van der Waals surface area (Å²) in [7, 11) is 3.08. The van der Waals surface area contributed by atoms with E-state index in [1.54, 1.807) is 13.2 Å². The summed E-state index contributed by atoms with van der Waals surface area (Å²) in [6.45, 7) is 3.40. The van der Waals surface area contributed by atoms with Crippen LogP contribution in [-0.4, -0.2) is 59.6 Å². The summed E-state index contributed by atoms with van der Waals surface area (Å²) in [5.41, 5.74) is 1.92. The third kappa shape index (κ3) is 4.14. The summed E-state index contributed by atoms with van der Waals surface area (Å²) in [5.74, 6) is 1.29. The average molecular weight is 465 g/mol. The van der Waals surface area contributed by atoms with Gasteiger partial charge in [0.15, 0.2) is 17.2 Å². The summed E-state index contributed by atoms with van der Waals surface area (Å²) in [4.78, 5) is 21.7. The van der Waals surface area contributed by atoms with Gasteiger partial charge in [0.2, 0.25) is 0 Å². The number of aromatic nitrogens is 4. The molecular formula is C24H25FN6O3. The Morgan fingerprint density at radius 1 is 0.971 bits per heavy atom. The molecule has 0 bridgehead atoms. The molecule has 0 unspecified atom stereocenters. The van der Waals surface area contributed by atoms with E-state index < -0.39 is 5.82 Å². The van der Waals surface area contributed by atoms with E-state index in [2.05, 4.69) is 25.9 Å². The fourth-order valence-corrected chi connectivity index (χ4v) is 4.17. The van der Waals surface area contributed by atoms with Gasteiger partial charge in [-0.25, -0.2) is 23.3 Å². The Bertz CT molecular complexity index is 1380. The van der Waals surface area contributed by atoms with Crippen molar-refractivity contribution in [1.82, 2.24) is 19.2 Å². The monoisotopic (exact) mass is 464 g/mol. The fraction of sp³-hybridized carbons (Fsp3) is 0.292. The normalized spacial score (nSPS) is 14.0. The second-order valence-corrected chi connectivity index (χ2v) is 8.06. The van der Waals surface area contributed by atoms with Gasteiger partial charge in [0.25, 0.3) is 0 Å². The zero-order valence-corrected chi connectivity index (χ0v) is 19.0. The van der Waals surface area contributed by atoms with Crippen LogP contribution in [0.25, 0.3) is 5.65 Å². The number of methoxy groups -OCH3 is 2. The smallest absolute Gasteiger partial charge is 0.351 e. The highest BCUT2D eigenvalue weighted by Crippen LogP contribution is 2.23. The Morgan fingerprint density at radius 2 is 1.76 bits per heavy atom. The van der Waals surface area contributed by atoms with E-state index >= 15 is 0 Å². The van der Waals surface area contributed by atoms with Crippen LogP contribution in [0, 0.1) is 5.82 Å². The summed E-state index contributed by atoms with van der Waals surface area (Å²) < 4.78 is 27.0. The molecule has 2 aromatic heterocycles. The van der Waals surface area contributed by atoms with E-state index in [0.717, 1.165) is 43.4 Å². The molecule has 0 N–H and O–H groups in total. The summed E-state index contributed by atoms with van der Waals surface area (Å²) in [6, 6.07) is 14.5. The number of anilines is 2. The first-order valence-corrected chi connectivity index (χ1v) is 11.0. The third-order valence-corrected chi connectivity index (χ3v) is 6.03. The number of hydrogen-bond donors (Lipinski definition) is 0. The molecule has 0 spiro atoms. The first kappa shape index (κ1) is 21.7. The van der Waals surface area contributed by atoms with Gasteiger partial charge in [-0.1, -0.05) is 12.1 Å². The van der Waals surface area contributed by atoms with E-state index in [0.29, 0.717) is 11.2 Å². The zero-order chi connectivity index (χ0) is 23.7. The highest BCUT2D eigenvalue weighted by Gasteiger charge is 2.20. The van der Waals surface area contributed by atoms with E-state index in [1.807, 2.05) is 24.3 Å². The molecule has 1 fully saturated rings. The molecule has 0 atom stereocenters. The van der Waals surface area contributed by atoms with Crippen molar-refractivity contribution in [2.24, 2.45) is 0 Å². The van der Waals surface area contributed by atoms with Crippen LogP contribution >= 0.6 is 0 Å². The summed E-state index contributed by atoms with van der Waals surface area (Å²) >= 11 is 0. The second-order valence-electron chi connectivity index (χ2n) is 8.06. The maximum Gasteiger partial charge on any atom is 0.351 e. The quantitative estimate of drug-likeness (QED) is 0.434. The van der Waals surface area contributed by atoms with Crippen molar-refractivity contribution in [2.45, 2.75) is 6.54 Å². The van der Waals surface area contributed by atoms with Gasteiger partial charge in [0.05, 0.1) is 20.8 Å². The molecule has 0 amide bonds. The lowest BCUT2D eigenvalue weighted by Crippen LogP contribution is -2.46. The largest absolute Gasteiger partial charge is 0.497 e. The maximum atomic E-state index is 14.0. The number of nitrogens with zero attached hydrogens (tertiary/aromatic N) is 6. The topological polar surface area (TPSA) is 77.1 Å². The maximum absolute atomic E-state index is 14.0. The van der Waals surface area contributed by atoms with Crippen LogP contribution in [0.1, 0.15) is 5.56 Å². The molecule has 4 aromatic rings. The molecule has 0 saturated carbocycles. The van der Waals surface area contributed by atoms with Gasteiger partial charge in [-0.3, -0.25) is 0 Å². The first-order valence-electron chi connectivity index (χ1n) is 11.0. The molecule has 3 heterocycles. The molecule has 2 aromatic carbocycles. The van der Waals surface area contributed by atoms with Crippen LogP contribution in [-0.2, 0) is 6.54 Å². The van der Waals surface area contributed by atoms with Crippen molar-refractivity contribution in [2.75, 3.05) is 50.2 Å². The van der Waals surface area contributed by atoms with Gasteiger partial charge in [0.1, 0.15) is 17.9 Å². The molecular weight excluding hydrogens is 439 g/mol. The van der Waals surface area contributed by atoms with Gasteiger partial charge in [-0.2, -0.15) is 0 Å². The van der Waals surface area contributed by atoms with Crippen LogP contribution in [0.4, 0.5) is 15.9 Å². The number of hydrogen-bond acceptors (Lipinski definition) is 7. The zero-order valence-electron chi connectivity index (χ0n) is 19.0. The number of benzene rings is 2. The van der Waals surface area contributed by atoms with Gasteiger partial charge in [-0.05, 0) is 29.8 Å². The minimum atomic E-state index is -0.478. The van der Waals surface area contributed by atoms with E-state index in [1.165, 1.54) is 34.7 Å². The van der Waals surface area contributed by atoms with Gasteiger partial charge < -0.3 is 19.3 Å². The molecule has 10 heteroatoms. The lowest BCUT2D eigenvalue weighted by Gasteiger charge is -2.36. The van der Waals surface area contributed by atoms with Gasteiger partial charge in [-0.15, -0.1) is 5.10 Å². The van der Waals surface area contributed by atoms with E-state index in [9.17, 15) is 9.18 Å². The number of fused-ring (bicyclic) bond motifs is 1. The molecule has 0 aliphatic carbocycles. The van der Waals surface area contributed by atoms with Crippen LogP contribution in [0.2, 0.25) is 0 Å². The van der Waals surface area contributed by atoms with Crippen molar-refractivity contribution >= 4 is 17.2 Å². The lowest BCUT2D eigenvalue weighted by molar-refractivity contribution is 0.386. The van der Waals surface area contributed by atoms with Crippen LogP contribution in [0.5, 0.6) is 11.5 Å². The minimum Gasteiger partial charge on any atom is -0.497 e. The van der Waals surface area contributed by atoms with Crippen molar-refractivity contribution in [3.63, 3.8) is 0 Å². The lowest BCUT2D eigenvalue weighted by atomic mass is 10.2. The van der Waals surface area contributed by atoms with Gasteiger partial charge in [0, 0.05) is 44.0 Å².